The number of carbonyl (C=O) groups excluding carboxylic acids is 3. The monoisotopic (exact) mass is 417 g/mol. The zero-order valence-corrected chi connectivity index (χ0v) is 18.5. The summed E-state index contributed by atoms with van der Waals surface area (Å²) in [6.07, 6.45) is 3.16. The number of benzene rings is 1. The summed E-state index contributed by atoms with van der Waals surface area (Å²) >= 11 is 0. The fourth-order valence-electron chi connectivity index (χ4n) is 3.68. The zero-order valence-electron chi connectivity index (χ0n) is 18.5. The van der Waals surface area contributed by atoms with Gasteiger partial charge in [-0.25, -0.2) is 0 Å². The molecule has 166 valence electrons. The normalized spacial score (nSPS) is 14.3. The van der Waals surface area contributed by atoms with Crippen molar-refractivity contribution in [3.63, 3.8) is 0 Å². The molecule has 1 aliphatic heterocycles. The molecule has 0 spiro atoms. The molecular weight excluding hydrogens is 382 g/mol. The molecule has 0 radical (unpaired) electrons. The lowest BCUT2D eigenvalue weighted by atomic mass is 9.97. The van der Waals surface area contributed by atoms with E-state index in [1.165, 1.54) is 0 Å². The maximum absolute atomic E-state index is 12.6. The Morgan fingerprint density at radius 3 is 2.17 bits per heavy atom. The minimum Gasteiger partial charge on any atom is -0.466 e. The standard InChI is InChI=1S/C23H35N3O4/c1-4-13-26(14-5-2)22(28)18-7-9-20(10-8-18)24-17-21(27)25-15-11-19(12-16-25)23(29)30-6-3/h7-10,19,24H,4-6,11-17H2,1-3H3. The molecule has 30 heavy (non-hydrogen) atoms. The van der Waals surface area contributed by atoms with Crippen molar-refractivity contribution in [1.29, 1.82) is 0 Å². The molecule has 1 N–H and O–H groups in total. The number of nitrogens with one attached hydrogen (secondary N) is 1. The van der Waals surface area contributed by atoms with Crippen LogP contribution < -0.4 is 5.32 Å². The second-order valence-electron chi connectivity index (χ2n) is 7.63. The van der Waals surface area contributed by atoms with Gasteiger partial charge in [-0.1, -0.05) is 13.8 Å². The van der Waals surface area contributed by atoms with Crippen molar-refractivity contribution in [2.75, 3.05) is 44.6 Å². The molecule has 1 aliphatic rings. The van der Waals surface area contributed by atoms with Gasteiger partial charge < -0.3 is 19.9 Å². The van der Waals surface area contributed by atoms with Crippen LogP contribution in [0.1, 0.15) is 56.8 Å². The van der Waals surface area contributed by atoms with Gasteiger partial charge in [-0.15, -0.1) is 0 Å². The highest BCUT2D eigenvalue weighted by Gasteiger charge is 2.28. The summed E-state index contributed by atoms with van der Waals surface area (Å²) in [6, 6.07) is 7.28. The summed E-state index contributed by atoms with van der Waals surface area (Å²) in [4.78, 5) is 40.6. The minimum atomic E-state index is -0.159. The average Bonchev–Trinajstić information content (AvgIpc) is 2.77. The highest BCUT2D eigenvalue weighted by molar-refractivity contribution is 5.94. The smallest absolute Gasteiger partial charge is 0.309 e. The highest BCUT2D eigenvalue weighted by atomic mass is 16.5. The SMILES string of the molecule is CCCN(CCC)C(=O)c1ccc(NCC(=O)N2CCC(C(=O)OCC)CC2)cc1. The van der Waals surface area contributed by atoms with Crippen molar-refractivity contribution in [1.82, 2.24) is 9.80 Å². The van der Waals surface area contributed by atoms with Crippen LogP contribution in [0.5, 0.6) is 0 Å². The van der Waals surface area contributed by atoms with Crippen LogP contribution in [0.25, 0.3) is 0 Å². The predicted molar refractivity (Wildman–Crippen MR) is 117 cm³/mol. The Morgan fingerprint density at radius 2 is 1.63 bits per heavy atom. The number of ether oxygens (including phenoxy) is 1. The largest absolute Gasteiger partial charge is 0.466 e. The first kappa shape index (κ1) is 23.7. The number of hydrogen-bond acceptors (Lipinski definition) is 5. The summed E-state index contributed by atoms with van der Waals surface area (Å²) in [5, 5.41) is 3.13. The van der Waals surface area contributed by atoms with Crippen molar-refractivity contribution in [3.8, 4) is 0 Å². The van der Waals surface area contributed by atoms with Gasteiger partial charge in [0.15, 0.2) is 0 Å². The van der Waals surface area contributed by atoms with Gasteiger partial charge in [0.25, 0.3) is 5.91 Å². The van der Waals surface area contributed by atoms with Crippen LogP contribution in [0.15, 0.2) is 24.3 Å². The Morgan fingerprint density at radius 1 is 1.03 bits per heavy atom. The minimum absolute atomic E-state index is 0.00882. The van der Waals surface area contributed by atoms with Crippen molar-refractivity contribution in [2.45, 2.75) is 46.5 Å². The lowest BCUT2D eigenvalue weighted by Crippen LogP contribution is -2.43. The number of rotatable bonds is 10. The van der Waals surface area contributed by atoms with Crippen molar-refractivity contribution >= 4 is 23.5 Å². The first-order valence-electron chi connectivity index (χ1n) is 11.1. The third kappa shape index (κ3) is 6.75. The van der Waals surface area contributed by atoms with E-state index in [-0.39, 0.29) is 30.2 Å². The fraction of sp³-hybridized carbons (Fsp3) is 0.609. The number of nitrogens with zero attached hydrogens (tertiary/aromatic N) is 2. The first-order chi connectivity index (χ1) is 14.5. The maximum atomic E-state index is 12.6. The van der Waals surface area contributed by atoms with Crippen LogP contribution in [-0.2, 0) is 14.3 Å². The molecule has 7 nitrogen and oxygen atoms in total. The molecule has 2 amide bonds. The third-order valence-corrected chi connectivity index (χ3v) is 5.32. The lowest BCUT2D eigenvalue weighted by Gasteiger charge is -2.31. The van der Waals surface area contributed by atoms with Gasteiger partial charge in [0.2, 0.25) is 5.91 Å². The van der Waals surface area contributed by atoms with Gasteiger partial charge in [0.05, 0.1) is 19.1 Å². The van der Waals surface area contributed by atoms with E-state index in [1.807, 2.05) is 17.0 Å². The molecule has 1 heterocycles. The average molecular weight is 418 g/mol. The van der Waals surface area contributed by atoms with Gasteiger partial charge in [-0.2, -0.15) is 0 Å². The van der Waals surface area contributed by atoms with E-state index in [9.17, 15) is 14.4 Å². The Bertz CT molecular complexity index is 691. The topological polar surface area (TPSA) is 79.0 Å². The van der Waals surface area contributed by atoms with E-state index in [4.69, 9.17) is 4.74 Å². The van der Waals surface area contributed by atoms with Crippen LogP contribution in [0.2, 0.25) is 0 Å². The van der Waals surface area contributed by atoms with Gasteiger partial charge in [-0.05, 0) is 56.9 Å². The molecule has 1 saturated heterocycles. The summed E-state index contributed by atoms with van der Waals surface area (Å²) < 4.78 is 5.07. The zero-order chi connectivity index (χ0) is 21.9. The number of piperidine rings is 1. The molecule has 1 aromatic rings. The van der Waals surface area contributed by atoms with E-state index in [2.05, 4.69) is 19.2 Å². The molecule has 7 heteroatoms. The van der Waals surface area contributed by atoms with Crippen LogP contribution >= 0.6 is 0 Å². The second-order valence-corrected chi connectivity index (χ2v) is 7.63. The Kier molecular flexibility index (Phi) is 9.64. The van der Waals surface area contributed by atoms with Crippen molar-refractivity contribution in [3.05, 3.63) is 29.8 Å². The molecule has 1 aromatic carbocycles. The number of esters is 1. The molecule has 0 atom stereocenters. The molecule has 0 saturated carbocycles. The second kappa shape index (κ2) is 12.2. The first-order valence-corrected chi connectivity index (χ1v) is 11.1. The van der Waals surface area contributed by atoms with E-state index in [0.717, 1.165) is 31.6 Å². The number of amides is 2. The van der Waals surface area contributed by atoms with E-state index < -0.39 is 0 Å². The highest BCUT2D eigenvalue weighted by Crippen LogP contribution is 2.19. The molecule has 0 bridgehead atoms. The van der Waals surface area contributed by atoms with E-state index in [1.54, 1.807) is 24.0 Å². The van der Waals surface area contributed by atoms with Crippen molar-refractivity contribution in [2.24, 2.45) is 5.92 Å². The van der Waals surface area contributed by atoms with Gasteiger partial charge in [0, 0.05) is 37.4 Å². The van der Waals surface area contributed by atoms with Crippen LogP contribution in [0, 0.1) is 5.92 Å². The maximum Gasteiger partial charge on any atom is 0.309 e. The summed E-state index contributed by atoms with van der Waals surface area (Å²) in [5.74, 6) is -0.207. The molecule has 2 rings (SSSR count). The van der Waals surface area contributed by atoms with Gasteiger partial charge in [0.1, 0.15) is 0 Å². The number of hydrogen-bond donors (Lipinski definition) is 1. The third-order valence-electron chi connectivity index (χ3n) is 5.32. The predicted octanol–water partition coefficient (Wildman–Crippen LogP) is 3.16. The fourth-order valence-corrected chi connectivity index (χ4v) is 3.68. The number of likely N-dealkylation sites (tertiary alicyclic amines) is 1. The molecule has 0 unspecified atom stereocenters. The van der Waals surface area contributed by atoms with Crippen molar-refractivity contribution < 1.29 is 19.1 Å². The molecule has 0 aliphatic carbocycles. The van der Waals surface area contributed by atoms with Crippen LogP contribution in [0.3, 0.4) is 0 Å². The van der Waals surface area contributed by atoms with Gasteiger partial charge >= 0.3 is 5.97 Å². The van der Waals surface area contributed by atoms with Crippen LogP contribution in [0.4, 0.5) is 5.69 Å². The van der Waals surface area contributed by atoms with E-state index >= 15 is 0 Å². The Balaban J connectivity index is 1.81. The molecule has 1 fully saturated rings. The van der Waals surface area contributed by atoms with Crippen LogP contribution in [-0.4, -0.2) is 66.9 Å². The molecule has 0 aromatic heterocycles. The summed E-state index contributed by atoms with van der Waals surface area (Å²) in [6.45, 7) is 9.18. The quantitative estimate of drug-likeness (QED) is 0.592. The number of carbonyl (C=O) groups is 3. The Hall–Kier alpha value is -2.57. The molecular formula is C23H35N3O4. The van der Waals surface area contributed by atoms with Gasteiger partial charge in [-0.3, -0.25) is 14.4 Å². The summed E-state index contributed by atoms with van der Waals surface area (Å²) in [5.41, 5.74) is 1.47. The lowest BCUT2D eigenvalue weighted by molar-refractivity contribution is -0.151. The summed E-state index contributed by atoms with van der Waals surface area (Å²) in [7, 11) is 0. The number of anilines is 1. The Labute approximate surface area is 179 Å². The van der Waals surface area contributed by atoms with E-state index in [0.29, 0.717) is 38.1 Å².